The number of carbonyl (C=O) groups excluding carboxylic acids is 1. The number of aromatic nitrogens is 2. The molecule has 0 atom stereocenters. The fourth-order valence-corrected chi connectivity index (χ4v) is 2.55. The van der Waals surface area contributed by atoms with Crippen molar-refractivity contribution < 1.29 is 9.53 Å². The maximum Gasteiger partial charge on any atom is 0.270 e. The van der Waals surface area contributed by atoms with E-state index in [0.717, 1.165) is 5.82 Å². The summed E-state index contributed by atoms with van der Waals surface area (Å²) in [6.45, 7) is 0.967. The Balaban J connectivity index is 1.91. The summed E-state index contributed by atoms with van der Waals surface area (Å²) in [5, 5.41) is 6.19. The Kier molecular flexibility index (Phi) is 6.40. The highest BCUT2D eigenvalue weighted by Crippen LogP contribution is 2.20. The number of rotatable bonds is 6. The molecule has 2 N–H and O–H groups in total. The molecule has 2 rings (SSSR count). The van der Waals surface area contributed by atoms with E-state index >= 15 is 0 Å². The maximum atomic E-state index is 11.9. The van der Waals surface area contributed by atoms with Gasteiger partial charge in [0.05, 0.1) is 6.61 Å². The zero-order chi connectivity index (χ0) is 14.9. The van der Waals surface area contributed by atoms with Gasteiger partial charge in [-0.2, -0.15) is 0 Å². The predicted molar refractivity (Wildman–Crippen MR) is 81.4 cm³/mol. The van der Waals surface area contributed by atoms with Crippen molar-refractivity contribution >= 4 is 11.7 Å². The van der Waals surface area contributed by atoms with Gasteiger partial charge in [-0.3, -0.25) is 4.79 Å². The van der Waals surface area contributed by atoms with E-state index in [9.17, 15) is 4.79 Å². The van der Waals surface area contributed by atoms with Crippen LogP contribution in [0.4, 0.5) is 5.82 Å². The van der Waals surface area contributed by atoms with Crippen molar-refractivity contribution in [1.82, 2.24) is 15.3 Å². The van der Waals surface area contributed by atoms with Crippen molar-refractivity contribution in [3.63, 3.8) is 0 Å². The highest BCUT2D eigenvalue weighted by molar-refractivity contribution is 5.92. The summed E-state index contributed by atoms with van der Waals surface area (Å²) in [6, 6.07) is 2.17. The number of anilines is 1. The molecule has 1 aromatic heterocycles. The summed E-state index contributed by atoms with van der Waals surface area (Å²) in [4.78, 5) is 20.2. The largest absolute Gasteiger partial charge is 0.383 e. The highest BCUT2D eigenvalue weighted by atomic mass is 16.5. The van der Waals surface area contributed by atoms with Gasteiger partial charge in [0.2, 0.25) is 0 Å². The monoisotopic (exact) mass is 292 g/mol. The molecule has 1 saturated carbocycles. The number of methoxy groups -OCH3 is 1. The van der Waals surface area contributed by atoms with Crippen molar-refractivity contribution in [3.05, 3.63) is 18.1 Å². The van der Waals surface area contributed by atoms with Crippen LogP contribution < -0.4 is 10.6 Å². The molecule has 1 amide bonds. The molecule has 1 fully saturated rings. The van der Waals surface area contributed by atoms with Crippen LogP contribution in [0.1, 0.15) is 49.0 Å². The first-order valence-corrected chi connectivity index (χ1v) is 7.65. The highest BCUT2D eigenvalue weighted by Gasteiger charge is 2.14. The smallest absolute Gasteiger partial charge is 0.270 e. The van der Waals surface area contributed by atoms with Crippen molar-refractivity contribution in [2.24, 2.45) is 0 Å². The second-order valence-electron chi connectivity index (χ2n) is 5.37. The van der Waals surface area contributed by atoms with Gasteiger partial charge < -0.3 is 15.4 Å². The van der Waals surface area contributed by atoms with Crippen LogP contribution in [0.3, 0.4) is 0 Å². The fourth-order valence-electron chi connectivity index (χ4n) is 2.55. The van der Waals surface area contributed by atoms with Crippen LogP contribution in [0.2, 0.25) is 0 Å². The lowest BCUT2D eigenvalue weighted by Crippen LogP contribution is -2.28. The maximum absolute atomic E-state index is 11.9. The van der Waals surface area contributed by atoms with Crippen LogP contribution in [-0.4, -0.2) is 42.2 Å². The minimum Gasteiger partial charge on any atom is -0.383 e. The molecular formula is C15H24N4O2. The van der Waals surface area contributed by atoms with E-state index in [1.165, 1.54) is 44.9 Å². The molecule has 1 aliphatic carbocycles. The third kappa shape index (κ3) is 5.30. The summed E-state index contributed by atoms with van der Waals surface area (Å²) in [7, 11) is 1.60. The Morgan fingerprint density at radius 2 is 2.05 bits per heavy atom. The van der Waals surface area contributed by atoms with E-state index in [1.807, 2.05) is 0 Å². The number of nitrogens with one attached hydrogen (secondary N) is 2. The zero-order valence-corrected chi connectivity index (χ0v) is 12.6. The Morgan fingerprint density at radius 3 is 2.76 bits per heavy atom. The van der Waals surface area contributed by atoms with Crippen molar-refractivity contribution in [3.8, 4) is 0 Å². The molecule has 0 aliphatic heterocycles. The second-order valence-corrected chi connectivity index (χ2v) is 5.37. The van der Waals surface area contributed by atoms with Crippen molar-refractivity contribution in [1.29, 1.82) is 0 Å². The minimum atomic E-state index is -0.196. The third-order valence-electron chi connectivity index (χ3n) is 3.70. The van der Waals surface area contributed by atoms with Gasteiger partial charge in [0, 0.05) is 25.8 Å². The first-order chi connectivity index (χ1) is 10.3. The summed E-state index contributed by atoms with van der Waals surface area (Å²) < 4.78 is 4.90. The average Bonchev–Trinajstić information content (AvgIpc) is 2.76. The molecule has 116 valence electrons. The van der Waals surface area contributed by atoms with E-state index in [0.29, 0.717) is 24.9 Å². The standard InChI is InChI=1S/C15H24N4O2/c1-21-9-8-16-15(20)13-10-14(18-11-17-13)19-12-6-4-2-3-5-7-12/h10-12H,2-9H2,1H3,(H,16,20)(H,17,18,19). The van der Waals surface area contributed by atoms with Gasteiger partial charge in [-0.05, 0) is 12.8 Å². The van der Waals surface area contributed by atoms with E-state index in [-0.39, 0.29) is 5.91 Å². The number of hydrogen-bond acceptors (Lipinski definition) is 5. The van der Waals surface area contributed by atoms with Crippen LogP contribution in [0.15, 0.2) is 12.4 Å². The van der Waals surface area contributed by atoms with Gasteiger partial charge in [0.1, 0.15) is 17.8 Å². The molecule has 0 saturated heterocycles. The molecule has 6 nitrogen and oxygen atoms in total. The van der Waals surface area contributed by atoms with Crippen LogP contribution >= 0.6 is 0 Å². The van der Waals surface area contributed by atoms with E-state index < -0.39 is 0 Å². The normalized spacial score (nSPS) is 16.2. The second kappa shape index (κ2) is 8.56. The lowest BCUT2D eigenvalue weighted by molar-refractivity contribution is 0.0932. The molecule has 0 bridgehead atoms. The summed E-state index contributed by atoms with van der Waals surface area (Å²) in [5.74, 6) is 0.534. The first kappa shape index (κ1) is 15.7. The Labute approximate surface area is 125 Å². The van der Waals surface area contributed by atoms with E-state index in [1.54, 1.807) is 13.2 Å². The average molecular weight is 292 g/mol. The molecule has 0 aromatic carbocycles. The van der Waals surface area contributed by atoms with Crippen LogP contribution in [-0.2, 0) is 4.74 Å². The van der Waals surface area contributed by atoms with E-state index in [4.69, 9.17) is 4.74 Å². The Bertz CT molecular complexity index is 445. The molecule has 21 heavy (non-hydrogen) atoms. The minimum absolute atomic E-state index is 0.196. The van der Waals surface area contributed by atoms with Crippen molar-refractivity contribution in [2.45, 2.75) is 44.6 Å². The molecular weight excluding hydrogens is 268 g/mol. The molecule has 0 unspecified atom stereocenters. The van der Waals surface area contributed by atoms with Crippen LogP contribution in [0.25, 0.3) is 0 Å². The van der Waals surface area contributed by atoms with Gasteiger partial charge in [-0.25, -0.2) is 9.97 Å². The summed E-state index contributed by atoms with van der Waals surface area (Å²) in [5.41, 5.74) is 0.386. The lowest BCUT2D eigenvalue weighted by atomic mass is 10.1. The third-order valence-corrected chi connectivity index (χ3v) is 3.70. The number of carbonyl (C=O) groups is 1. The van der Waals surface area contributed by atoms with Crippen LogP contribution in [0.5, 0.6) is 0 Å². The molecule has 6 heteroatoms. The van der Waals surface area contributed by atoms with Crippen molar-refractivity contribution in [2.75, 3.05) is 25.6 Å². The fraction of sp³-hybridized carbons (Fsp3) is 0.667. The predicted octanol–water partition coefficient (Wildman–Crippen LogP) is 1.99. The zero-order valence-electron chi connectivity index (χ0n) is 12.6. The van der Waals surface area contributed by atoms with Gasteiger partial charge >= 0.3 is 0 Å². The topological polar surface area (TPSA) is 76.1 Å². The first-order valence-electron chi connectivity index (χ1n) is 7.65. The van der Waals surface area contributed by atoms with Crippen LogP contribution in [0, 0.1) is 0 Å². The molecule has 1 aliphatic rings. The molecule has 1 aromatic rings. The van der Waals surface area contributed by atoms with E-state index in [2.05, 4.69) is 20.6 Å². The Hall–Kier alpha value is -1.69. The van der Waals surface area contributed by atoms with Gasteiger partial charge in [0.25, 0.3) is 5.91 Å². The molecule has 0 radical (unpaired) electrons. The number of amides is 1. The number of hydrogen-bond donors (Lipinski definition) is 2. The summed E-state index contributed by atoms with van der Waals surface area (Å²) in [6.07, 6.45) is 8.91. The Morgan fingerprint density at radius 1 is 1.29 bits per heavy atom. The SMILES string of the molecule is COCCNC(=O)c1cc(NC2CCCCCC2)ncn1. The molecule has 0 spiro atoms. The number of nitrogens with zero attached hydrogens (tertiary/aromatic N) is 2. The van der Waals surface area contributed by atoms with Gasteiger partial charge in [-0.15, -0.1) is 0 Å². The lowest BCUT2D eigenvalue weighted by Gasteiger charge is -2.16. The summed E-state index contributed by atoms with van der Waals surface area (Å²) >= 11 is 0. The molecule has 1 heterocycles. The quantitative estimate of drug-likeness (QED) is 0.619. The van der Waals surface area contributed by atoms with Gasteiger partial charge in [0.15, 0.2) is 0 Å². The van der Waals surface area contributed by atoms with Gasteiger partial charge in [-0.1, -0.05) is 25.7 Å². The number of ether oxygens (including phenoxy) is 1.